The van der Waals surface area contributed by atoms with Crippen molar-refractivity contribution in [2.45, 2.75) is 45.3 Å². The normalized spacial score (nSPS) is 13.6. The van der Waals surface area contributed by atoms with Crippen LogP contribution in [0, 0.1) is 17.2 Å². The van der Waals surface area contributed by atoms with Crippen molar-refractivity contribution in [3.63, 3.8) is 0 Å². The molecule has 1 aliphatic heterocycles. The number of likely N-dealkylation sites (tertiary alicyclic amines) is 1. The Hall–Kier alpha value is -4.97. The van der Waals surface area contributed by atoms with E-state index in [0.29, 0.717) is 71.6 Å². The Bertz CT molecular complexity index is 1500. The van der Waals surface area contributed by atoms with Gasteiger partial charge in [0.05, 0.1) is 12.8 Å². The van der Waals surface area contributed by atoms with Gasteiger partial charge in [0.15, 0.2) is 11.5 Å². The van der Waals surface area contributed by atoms with Gasteiger partial charge < -0.3 is 29.9 Å². The van der Waals surface area contributed by atoms with E-state index in [0.717, 1.165) is 5.56 Å². The lowest BCUT2D eigenvalue weighted by Gasteiger charge is -2.32. The van der Waals surface area contributed by atoms with Crippen LogP contribution in [0.5, 0.6) is 23.1 Å². The summed E-state index contributed by atoms with van der Waals surface area (Å²) in [7, 11) is 1.52. The highest BCUT2D eigenvalue weighted by molar-refractivity contribution is 6.10. The van der Waals surface area contributed by atoms with Crippen molar-refractivity contribution in [3.8, 4) is 23.1 Å². The molecular formula is C31H37N7O5. The molecule has 0 atom stereocenters. The van der Waals surface area contributed by atoms with Gasteiger partial charge >= 0.3 is 0 Å². The molecule has 12 nitrogen and oxygen atoms in total. The highest BCUT2D eigenvalue weighted by Crippen LogP contribution is 2.38. The number of carbonyl (C=O) groups is 1. The topological polar surface area (TPSA) is 164 Å². The number of amidine groups is 1. The summed E-state index contributed by atoms with van der Waals surface area (Å²) >= 11 is 0. The molecule has 226 valence electrons. The number of carbonyl (C=O) groups excluding carboxylic acids is 1. The van der Waals surface area contributed by atoms with E-state index in [1.165, 1.54) is 13.2 Å². The number of hydrogen-bond donors (Lipinski definition) is 4. The lowest BCUT2D eigenvalue weighted by molar-refractivity contribution is -0.127. The minimum atomic E-state index is -1.10. The molecule has 1 saturated heterocycles. The molecule has 0 unspecified atom stereocenters. The van der Waals surface area contributed by atoms with Crippen molar-refractivity contribution < 1.29 is 19.0 Å². The van der Waals surface area contributed by atoms with Crippen molar-refractivity contribution in [1.29, 1.82) is 5.41 Å². The van der Waals surface area contributed by atoms with Gasteiger partial charge in [-0.15, -0.1) is 4.91 Å². The summed E-state index contributed by atoms with van der Waals surface area (Å²) in [6.45, 7) is 9.95. The van der Waals surface area contributed by atoms with Gasteiger partial charge in [-0.1, -0.05) is 23.9 Å². The zero-order valence-electron chi connectivity index (χ0n) is 24.8. The van der Waals surface area contributed by atoms with E-state index in [2.05, 4.69) is 27.5 Å². The van der Waals surface area contributed by atoms with Gasteiger partial charge in [0, 0.05) is 67.1 Å². The molecule has 0 radical (unpaired) electrons. The first-order chi connectivity index (χ1) is 20.6. The van der Waals surface area contributed by atoms with E-state index in [4.69, 9.17) is 25.5 Å². The monoisotopic (exact) mass is 587 g/mol. The maximum absolute atomic E-state index is 12.0. The highest BCUT2D eigenvalue weighted by Gasteiger charge is 2.27. The summed E-state index contributed by atoms with van der Waals surface area (Å²) in [6, 6.07) is 12.1. The van der Waals surface area contributed by atoms with Crippen molar-refractivity contribution in [2.75, 3.05) is 30.9 Å². The molecule has 1 amide bonds. The molecule has 0 spiro atoms. The molecule has 1 aliphatic rings. The molecule has 5 N–H and O–H groups in total. The molecule has 0 aliphatic carbocycles. The SMILES string of the molecule is C=CC(=O)N1CCC(Oc2cc(C(=N)Nc3cc(Oc4ccc(C)cn4)ccc3C(C)(C)N=O)c(NN)cc2OC)CC1. The number of anilines is 2. The molecule has 2 aromatic carbocycles. The smallest absolute Gasteiger partial charge is 0.245 e. The number of methoxy groups -OCH3 is 1. The van der Waals surface area contributed by atoms with Crippen LogP contribution in [0.1, 0.15) is 43.4 Å². The molecule has 4 rings (SSSR count). The second kappa shape index (κ2) is 13.3. The number of nitrogens with two attached hydrogens (primary N) is 1. The first kappa shape index (κ1) is 31.0. The van der Waals surface area contributed by atoms with Gasteiger partial charge in [-0.2, -0.15) is 0 Å². The number of ether oxygens (including phenoxy) is 3. The van der Waals surface area contributed by atoms with E-state index >= 15 is 0 Å². The molecular weight excluding hydrogens is 550 g/mol. The lowest BCUT2D eigenvalue weighted by atomic mass is 9.93. The Morgan fingerprint density at radius 2 is 1.91 bits per heavy atom. The number of amides is 1. The van der Waals surface area contributed by atoms with Crippen molar-refractivity contribution in [1.82, 2.24) is 9.88 Å². The molecule has 2 heterocycles. The molecule has 1 fully saturated rings. The molecule has 1 aromatic heterocycles. The number of rotatable bonds is 11. The minimum Gasteiger partial charge on any atom is -0.493 e. The first-order valence-corrected chi connectivity index (χ1v) is 13.8. The summed E-state index contributed by atoms with van der Waals surface area (Å²) in [5.41, 5.74) is 4.34. The van der Waals surface area contributed by atoms with Gasteiger partial charge in [0.2, 0.25) is 11.8 Å². The number of pyridine rings is 1. The van der Waals surface area contributed by atoms with E-state index in [-0.39, 0.29) is 17.8 Å². The van der Waals surface area contributed by atoms with Crippen LogP contribution in [0.3, 0.4) is 0 Å². The van der Waals surface area contributed by atoms with Crippen LogP contribution in [0.25, 0.3) is 0 Å². The summed E-state index contributed by atoms with van der Waals surface area (Å²) < 4.78 is 17.8. The predicted octanol–water partition coefficient (Wildman–Crippen LogP) is 5.47. The fourth-order valence-corrected chi connectivity index (χ4v) is 4.75. The molecule has 0 bridgehead atoms. The second-order valence-corrected chi connectivity index (χ2v) is 10.7. The van der Waals surface area contributed by atoms with Gasteiger partial charge in [-0.05, 0) is 44.5 Å². The maximum Gasteiger partial charge on any atom is 0.245 e. The number of nitrogens with one attached hydrogen (secondary N) is 3. The van der Waals surface area contributed by atoms with Gasteiger partial charge in [-0.25, -0.2) is 4.98 Å². The summed E-state index contributed by atoms with van der Waals surface area (Å²) in [5.74, 6) is 7.42. The van der Waals surface area contributed by atoms with Crippen LogP contribution in [0.4, 0.5) is 11.4 Å². The lowest BCUT2D eigenvalue weighted by Crippen LogP contribution is -2.41. The average molecular weight is 588 g/mol. The zero-order valence-corrected chi connectivity index (χ0v) is 24.8. The van der Waals surface area contributed by atoms with Crippen LogP contribution >= 0.6 is 0 Å². The quantitative estimate of drug-likeness (QED) is 0.0568. The first-order valence-electron chi connectivity index (χ1n) is 13.8. The second-order valence-electron chi connectivity index (χ2n) is 10.7. The van der Waals surface area contributed by atoms with Crippen LogP contribution in [-0.4, -0.2) is 47.9 Å². The Morgan fingerprint density at radius 3 is 2.51 bits per heavy atom. The molecule has 3 aromatic rings. The number of nitrogens with zero attached hydrogens (tertiary/aromatic N) is 3. The van der Waals surface area contributed by atoms with E-state index in [9.17, 15) is 9.70 Å². The number of hydrogen-bond acceptors (Lipinski definition) is 10. The molecule has 12 heteroatoms. The number of aryl methyl sites for hydroxylation is 1. The summed E-state index contributed by atoms with van der Waals surface area (Å²) in [5, 5.41) is 15.4. The molecule has 43 heavy (non-hydrogen) atoms. The highest BCUT2D eigenvalue weighted by atomic mass is 16.5. The maximum atomic E-state index is 12.0. The Labute approximate surface area is 250 Å². The van der Waals surface area contributed by atoms with E-state index < -0.39 is 5.54 Å². The van der Waals surface area contributed by atoms with Gasteiger partial charge in [0.25, 0.3) is 0 Å². The van der Waals surface area contributed by atoms with Crippen LogP contribution < -0.4 is 30.8 Å². The Kier molecular flexibility index (Phi) is 9.61. The summed E-state index contributed by atoms with van der Waals surface area (Å²) in [6.07, 6.45) is 4.11. The minimum absolute atomic E-state index is 0.0274. The third-order valence-electron chi connectivity index (χ3n) is 7.20. The number of nitrogen functional groups attached to an aromatic ring is 1. The summed E-state index contributed by atoms with van der Waals surface area (Å²) in [4.78, 5) is 29.8. The molecule has 0 saturated carbocycles. The zero-order chi connectivity index (χ0) is 31.1. The van der Waals surface area contributed by atoms with E-state index in [1.54, 1.807) is 61.3 Å². The third kappa shape index (κ3) is 7.28. The van der Waals surface area contributed by atoms with Crippen LogP contribution in [0.2, 0.25) is 0 Å². The van der Waals surface area contributed by atoms with E-state index in [1.807, 2.05) is 13.0 Å². The third-order valence-corrected chi connectivity index (χ3v) is 7.20. The van der Waals surface area contributed by atoms with Gasteiger partial charge in [0.1, 0.15) is 23.2 Å². The standard InChI is InChI=1S/C31H37N7O5/c1-6-29(39)38-13-11-20(12-14-38)42-27-16-22(24(36-33)17-26(27)41-5)30(32)35-25-15-21(8-9-23(25)31(3,4)37-40)43-28-10-7-19(2)18-34-28/h6-10,15-18,20,36H,1,11-14,33H2,2-5H3,(H2,32,35). The van der Waals surface area contributed by atoms with Crippen molar-refractivity contribution in [3.05, 3.63) is 82.9 Å². The number of aromatic nitrogens is 1. The van der Waals surface area contributed by atoms with Crippen molar-refractivity contribution in [2.24, 2.45) is 11.0 Å². The Balaban J connectivity index is 1.63. The number of piperidine rings is 1. The van der Waals surface area contributed by atoms with Gasteiger partial charge in [-0.3, -0.25) is 16.0 Å². The fraction of sp³-hybridized carbons (Fsp3) is 0.323. The number of nitroso groups, excluding NO2 is 1. The average Bonchev–Trinajstić information content (AvgIpc) is 3.01. The largest absolute Gasteiger partial charge is 0.493 e. The van der Waals surface area contributed by atoms with Crippen LogP contribution in [-0.2, 0) is 10.3 Å². The number of benzene rings is 2. The Morgan fingerprint density at radius 1 is 1.16 bits per heavy atom. The van der Waals surface area contributed by atoms with Crippen LogP contribution in [0.15, 0.2) is 66.5 Å². The number of hydrazine groups is 1. The van der Waals surface area contributed by atoms with Crippen molar-refractivity contribution >= 4 is 23.1 Å². The fourth-order valence-electron chi connectivity index (χ4n) is 4.75. The predicted molar refractivity (Wildman–Crippen MR) is 166 cm³/mol.